The fourth-order valence-electron chi connectivity index (χ4n) is 2.53. The molecular weight excluding hydrogens is 382 g/mol. The first kappa shape index (κ1) is 19.8. The van der Waals surface area contributed by atoms with Gasteiger partial charge in [-0.2, -0.15) is 17.2 Å². The van der Waals surface area contributed by atoms with Gasteiger partial charge in [-0.3, -0.25) is 0 Å². The van der Waals surface area contributed by atoms with Crippen molar-refractivity contribution in [1.82, 2.24) is 0 Å². The summed E-state index contributed by atoms with van der Waals surface area (Å²) in [7, 11) is -4.44. The first-order chi connectivity index (χ1) is 13.3. The van der Waals surface area contributed by atoms with E-state index in [0.717, 1.165) is 11.6 Å². The summed E-state index contributed by atoms with van der Waals surface area (Å²) in [6.45, 7) is 1.79. The molecule has 6 heteroatoms. The zero-order valence-corrected chi connectivity index (χ0v) is 15.9. The molecule has 0 aliphatic heterocycles. The monoisotopic (exact) mass is 400 g/mol. The highest BCUT2D eigenvalue weighted by molar-refractivity contribution is 7.86. The molecule has 0 aliphatic carbocycles. The maximum absolute atomic E-state index is 15.2. The molecule has 3 aromatic carbocycles. The summed E-state index contributed by atoms with van der Waals surface area (Å²) in [6, 6.07) is 21.0. The third-order valence-electron chi connectivity index (χ3n) is 4.05. The van der Waals surface area contributed by atoms with Crippen LogP contribution < -0.4 is 0 Å². The van der Waals surface area contributed by atoms with Crippen LogP contribution in [0.25, 0.3) is 6.08 Å². The van der Waals surface area contributed by atoms with Crippen LogP contribution in [-0.4, -0.2) is 8.42 Å². The molecule has 0 aliphatic rings. The molecule has 0 heterocycles. The molecule has 0 spiro atoms. The number of alkyl halides is 2. The van der Waals surface area contributed by atoms with Crippen LogP contribution in [0.1, 0.15) is 16.7 Å². The molecule has 3 rings (SSSR count). The summed E-state index contributed by atoms with van der Waals surface area (Å²) in [4.78, 5) is -0.194. The number of allylic oxidation sites excluding steroid dienone is 1. The zero-order chi connectivity index (χ0) is 20.2. The SMILES string of the molecule is Cc1ccc(S(=O)(=O)O/C(=C\c2ccccc2)C(F)(F)c2ccccc2)cc1. The van der Waals surface area contributed by atoms with Gasteiger partial charge in [0.1, 0.15) is 4.90 Å². The Bertz CT molecular complexity index is 1060. The number of aryl methyl sites for hydroxylation is 1. The molecular formula is C22H18F2O3S. The van der Waals surface area contributed by atoms with Crippen LogP contribution in [0.2, 0.25) is 0 Å². The Labute approximate surface area is 163 Å². The van der Waals surface area contributed by atoms with E-state index in [0.29, 0.717) is 5.56 Å². The Hall–Kier alpha value is -2.99. The molecule has 28 heavy (non-hydrogen) atoms. The number of halogens is 2. The van der Waals surface area contributed by atoms with Gasteiger partial charge in [0.15, 0.2) is 5.76 Å². The van der Waals surface area contributed by atoms with E-state index in [2.05, 4.69) is 0 Å². The van der Waals surface area contributed by atoms with Gasteiger partial charge in [0.25, 0.3) is 0 Å². The van der Waals surface area contributed by atoms with Gasteiger partial charge in [-0.25, -0.2) is 0 Å². The van der Waals surface area contributed by atoms with E-state index >= 15 is 8.78 Å². The van der Waals surface area contributed by atoms with Crippen LogP contribution in [0.5, 0.6) is 0 Å². The maximum atomic E-state index is 15.2. The van der Waals surface area contributed by atoms with E-state index in [1.807, 2.05) is 0 Å². The predicted octanol–water partition coefficient (Wildman–Crippen LogP) is 5.53. The van der Waals surface area contributed by atoms with Crippen molar-refractivity contribution in [2.75, 3.05) is 0 Å². The van der Waals surface area contributed by atoms with Gasteiger partial charge in [0.05, 0.1) is 0 Å². The van der Waals surface area contributed by atoms with Gasteiger partial charge < -0.3 is 4.18 Å². The summed E-state index contributed by atoms with van der Waals surface area (Å²) >= 11 is 0. The first-order valence-corrected chi connectivity index (χ1v) is 9.91. The van der Waals surface area contributed by atoms with Crippen molar-refractivity contribution in [1.29, 1.82) is 0 Å². The third kappa shape index (κ3) is 4.46. The van der Waals surface area contributed by atoms with Crippen molar-refractivity contribution in [2.24, 2.45) is 0 Å². The van der Waals surface area contributed by atoms with Crippen molar-refractivity contribution in [3.05, 3.63) is 107 Å². The largest absolute Gasteiger partial charge is 0.377 e. The second-order valence-corrected chi connectivity index (χ2v) is 7.76. The van der Waals surface area contributed by atoms with Crippen LogP contribution in [0.3, 0.4) is 0 Å². The Morgan fingerprint density at radius 2 is 1.39 bits per heavy atom. The summed E-state index contributed by atoms with van der Waals surface area (Å²) < 4.78 is 60.5. The zero-order valence-electron chi connectivity index (χ0n) is 15.0. The predicted molar refractivity (Wildman–Crippen MR) is 104 cm³/mol. The van der Waals surface area contributed by atoms with Gasteiger partial charge in [-0.05, 0) is 30.7 Å². The van der Waals surface area contributed by atoms with Gasteiger partial charge >= 0.3 is 16.0 Å². The molecule has 0 saturated carbocycles. The Morgan fingerprint density at radius 3 is 1.96 bits per heavy atom. The summed E-state index contributed by atoms with van der Waals surface area (Å²) in [6.07, 6.45) is 1.04. The smallest absolute Gasteiger partial charge is 0.339 e. The molecule has 0 bridgehead atoms. The molecule has 0 fully saturated rings. The Kier molecular flexibility index (Phi) is 5.61. The molecule has 0 amide bonds. The topological polar surface area (TPSA) is 43.4 Å². The van der Waals surface area contributed by atoms with Crippen molar-refractivity contribution in [3.63, 3.8) is 0 Å². The molecule has 3 aromatic rings. The standard InChI is InChI=1S/C22H18F2O3S/c1-17-12-14-20(15-13-17)28(25,26)27-21(16-18-8-4-2-5-9-18)22(23,24)19-10-6-3-7-11-19/h2-16H,1H3/b21-16-. The van der Waals surface area contributed by atoms with Gasteiger partial charge in [-0.1, -0.05) is 78.4 Å². The van der Waals surface area contributed by atoms with Crippen molar-refractivity contribution in [3.8, 4) is 0 Å². The summed E-state index contributed by atoms with van der Waals surface area (Å²) in [5.74, 6) is -4.61. The molecule has 144 valence electrons. The van der Waals surface area contributed by atoms with E-state index in [9.17, 15) is 8.42 Å². The molecule has 0 unspecified atom stereocenters. The summed E-state index contributed by atoms with van der Waals surface area (Å²) in [5, 5.41) is 0. The number of benzene rings is 3. The van der Waals surface area contributed by atoms with Crippen molar-refractivity contribution >= 4 is 16.2 Å². The molecule has 0 atom stereocenters. The van der Waals surface area contributed by atoms with Gasteiger partial charge in [-0.15, -0.1) is 0 Å². The second-order valence-electron chi connectivity index (χ2n) is 6.21. The highest BCUT2D eigenvalue weighted by Gasteiger charge is 2.41. The lowest BCUT2D eigenvalue weighted by Gasteiger charge is -2.21. The van der Waals surface area contributed by atoms with E-state index < -0.39 is 21.8 Å². The van der Waals surface area contributed by atoms with Crippen LogP contribution >= 0.6 is 0 Å². The normalized spacial score (nSPS) is 12.6. The van der Waals surface area contributed by atoms with Gasteiger partial charge in [0, 0.05) is 5.56 Å². The highest BCUT2D eigenvalue weighted by Crippen LogP contribution is 2.39. The average molecular weight is 400 g/mol. The van der Waals surface area contributed by atoms with Crippen molar-refractivity contribution < 1.29 is 21.4 Å². The lowest BCUT2D eigenvalue weighted by Crippen LogP contribution is -2.21. The van der Waals surface area contributed by atoms with Crippen LogP contribution in [0, 0.1) is 6.92 Å². The van der Waals surface area contributed by atoms with E-state index in [-0.39, 0.29) is 10.5 Å². The fourth-order valence-corrected chi connectivity index (χ4v) is 3.48. The lowest BCUT2D eigenvalue weighted by molar-refractivity contribution is 0.00382. The highest BCUT2D eigenvalue weighted by atomic mass is 32.2. The van der Waals surface area contributed by atoms with E-state index in [1.165, 1.54) is 36.4 Å². The minimum absolute atomic E-state index is 0.194. The lowest BCUT2D eigenvalue weighted by atomic mass is 10.1. The van der Waals surface area contributed by atoms with Crippen LogP contribution in [0.15, 0.2) is 95.6 Å². The van der Waals surface area contributed by atoms with Crippen LogP contribution in [0.4, 0.5) is 8.78 Å². The van der Waals surface area contributed by atoms with Crippen LogP contribution in [-0.2, 0) is 20.2 Å². The fraction of sp³-hybridized carbons (Fsp3) is 0.0909. The van der Waals surface area contributed by atoms with Crippen molar-refractivity contribution in [2.45, 2.75) is 17.7 Å². The van der Waals surface area contributed by atoms with E-state index in [4.69, 9.17) is 4.18 Å². The Morgan fingerprint density at radius 1 is 0.857 bits per heavy atom. The number of hydrogen-bond donors (Lipinski definition) is 0. The molecule has 0 saturated heterocycles. The minimum Gasteiger partial charge on any atom is -0.377 e. The maximum Gasteiger partial charge on any atom is 0.339 e. The molecule has 0 aromatic heterocycles. The Balaban J connectivity index is 2.07. The number of hydrogen-bond acceptors (Lipinski definition) is 3. The number of rotatable bonds is 6. The van der Waals surface area contributed by atoms with E-state index in [1.54, 1.807) is 55.5 Å². The minimum atomic E-state index is -4.44. The summed E-state index contributed by atoms with van der Waals surface area (Å²) in [5.41, 5.74) is 0.872. The second kappa shape index (κ2) is 7.94. The quantitative estimate of drug-likeness (QED) is 0.403. The average Bonchev–Trinajstić information content (AvgIpc) is 2.69. The third-order valence-corrected chi connectivity index (χ3v) is 5.30. The molecule has 0 radical (unpaired) electrons. The first-order valence-electron chi connectivity index (χ1n) is 8.51. The molecule has 3 nitrogen and oxygen atoms in total. The van der Waals surface area contributed by atoms with Gasteiger partial charge in [0.2, 0.25) is 0 Å². The molecule has 0 N–H and O–H groups in total.